The van der Waals surface area contributed by atoms with Crippen molar-refractivity contribution in [1.82, 2.24) is 15.5 Å². The van der Waals surface area contributed by atoms with Gasteiger partial charge in [0.2, 0.25) is 11.7 Å². The van der Waals surface area contributed by atoms with Crippen molar-refractivity contribution >= 4 is 17.2 Å². The molecule has 6 heteroatoms. The number of hydrogen-bond acceptors (Lipinski definition) is 5. The highest BCUT2D eigenvalue weighted by atomic mass is 32.1. The van der Waals surface area contributed by atoms with Crippen LogP contribution in [0.1, 0.15) is 34.1 Å². The molecule has 0 fully saturated rings. The number of nitrogens with zero attached hydrogens (tertiary/aromatic N) is 2. The zero-order valence-electron chi connectivity index (χ0n) is 12.2. The van der Waals surface area contributed by atoms with Gasteiger partial charge in [0, 0.05) is 5.56 Å². The summed E-state index contributed by atoms with van der Waals surface area (Å²) in [5, 5.41) is 8.68. The highest BCUT2D eigenvalue weighted by molar-refractivity contribution is 7.12. The number of hydrogen-bond donors (Lipinski definition) is 1. The van der Waals surface area contributed by atoms with Gasteiger partial charge in [-0.25, -0.2) is 0 Å². The molecule has 0 saturated heterocycles. The van der Waals surface area contributed by atoms with Gasteiger partial charge in [-0.15, -0.1) is 11.3 Å². The van der Waals surface area contributed by atoms with Gasteiger partial charge in [-0.3, -0.25) is 4.79 Å². The first kappa shape index (κ1) is 14.5. The molecular weight excluding hydrogens is 298 g/mol. The zero-order valence-corrected chi connectivity index (χ0v) is 13.1. The van der Waals surface area contributed by atoms with Gasteiger partial charge < -0.3 is 9.84 Å². The second kappa shape index (κ2) is 6.11. The number of aryl methyl sites for hydroxylation is 1. The maximum atomic E-state index is 12.0. The summed E-state index contributed by atoms with van der Waals surface area (Å²) in [7, 11) is 0. The monoisotopic (exact) mass is 313 g/mol. The first-order chi connectivity index (χ1) is 10.6. The zero-order chi connectivity index (χ0) is 15.5. The van der Waals surface area contributed by atoms with Crippen LogP contribution in [0.4, 0.5) is 0 Å². The lowest BCUT2D eigenvalue weighted by Crippen LogP contribution is -2.26. The molecule has 2 heterocycles. The largest absolute Gasteiger partial charge is 0.340 e. The normalized spacial score (nSPS) is 12.1. The number of amides is 1. The van der Waals surface area contributed by atoms with Crippen LogP contribution in [0.3, 0.4) is 0 Å². The number of aromatic nitrogens is 2. The highest BCUT2D eigenvalue weighted by Gasteiger charge is 2.18. The van der Waals surface area contributed by atoms with Gasteiger partial charge in [-0.05, 0) is 25.3 Å². The molecule has 0 saturated carbocycles. The molecule has 112 valence electrons. The van der Waals surface area contributed by atoms with Crippen molar-refractivity contribution < 1.29 is 9.32 Å². The molecule has 0 aliphatic rings. The lowest BCUT2D eigenvalue weighted by Gasteiger charge is -2.07. The topological polar surface area (TPSA) is 68.0 Å². The summed E-state index contributed by atoms with van der Waals surface area (Å²) in [6, 6.07) is 11.1. The molecule has 1 atom stereocenters. The Kier molecular flexibility index (Phi) is 4.02. The Labute approximate surface area is 132 Å². The second-order valence-corrected chi connectivity index (χ2v) is 5.94. The van der Waals surface area contributed by atoms with Crippen LogP contribution in [0.15, 0.2) is 46.3 Å². The number of thiophene rings is 1. The van der Waals surface area contributed by atoms with Gasteiger partial charge in [-0.1, -0.05) is 41.1 Å². The fourth-order valence-corrected chi connectivity index (χ4v) is 2.60. The van der Waals surface area contributed by atoms with Crippen LogP contribution in [-0.2, 0) is 0 Å². The van der Waals surface area contributed by atoms with Crippen molar-refractivity contribution in [3.63, 3.8) is 0 Å². The third-order valence-electron chi connectivity index (χ3n) is 3.21. The molecule has 1 N–H and O–H groups in total. The Morgan fingerprint density at radius 2 is 2.05 bits per heavy atom. The summed E-state index contributed by atoms with van der Waals surface area (Å²) in [4.78, 5) is 17.0. The molecule has 5 nitrogen and oxygen atoms in total. The summed E-state index contributed by atoms with van der Waals surface area (Å²) in [5.41, 5.74) is 2.06. The molecule has 0 bridgehead atoms. The number of nitrogens with one attached hydrogen (secondary N) is 1. The predicted molar refractivity (Wildman–Crippen MR) is 84.7 cm³/mol. The minimum atomic E-state index is -0.346. The van der Waals surface area contributed by atoms with Crippen LogP contribution in [0, 0.1) is 6.92 Å². The van der Waals surface area contributed by atoms with E-state index in [1.807, 2.05) is 49.6 Å². The number of carbonyl (C=O) groups is 1. The van der Waals surface area contributed by atoms with Crippen LogP contribution < -0.4 is 5.32 Å². The van der Waals surface area contributed by atoms with E-state index < -0.39 is 0 Å². The fraction of sp³-hybridized carbons (Fsp3) is 0.188. The summed E-state index contributed by atoms with van der Waals surface area (Å²) < 4.78 is 5.26. The maximum Gasteiger partial charge on any atom is 0.261 e. The number of rotatable bonds is 4. The summed E-state index contributed by atoms with van der Waals surface area (Å²) in [6.45, 7) is 3.84. The van der Waals surface area contributed by atoms with Gasteiger partial charge in [0.25, 0.3) is 5.91 Å². The minimum absolute atomic E-state index is 0.141. The molecular formula is C16H15N3O2S. The van der Waals surface area contributed by atoms with Crippen molar-refractivity contribution in [3.8, 4) is 11.4 Å². The fourth-order valence-electron chi connectivity index (χ4n) is 1.97. The molecule has 3 rings (SSSR count). The average molecular weight is 313 g/mol. The number of benzene rings is 1. The van der Waals surface area contributed by atoms with Gasteiger partial charge in [0.1, 0.15) is 6.04 Å². The average Bonchev–Trinajstić information content (AvgIpc) is 3.20. The predicted octanol–water partition coefficient (Wildman–Crippen LogP) is 3.60. The maximum absolute atomic E-state index is 12.0. The number of carbonyl (C=O) groups excluding carboxylic acids is 1. The molecule has 22 heavy (non-hydrogen) atoms. The molecule has 2 aromatic heterocycles. The van der Waals surface area contributed by atoms with E-state index in [4.69, 9.17) is 4.52 Å². The molecule has 0 radical (unpaired) electrons. The van der Waals surface area contributed by atoms with Crippen molar-refractivity contribution in [2.45, 2.75) is 19.9 Å². The van der Waals surface area contributed by atoms with Gasteiger partial charge in [0.15, 0.2) is 0 Å². The van der Waals surface area contributed by atoms with E-state index in [0.29, 0.717) is 16.6 Å². The van der Waals surface area contributed by atoms with Crippen LogP contribution in [0.5, 0.6) is 0 Å². The SMILES string of the molecule is Cc1ccc(-c2noc(C(C)NC(=O)c3cccs3)n2)cc1. The van der Waals surface area contributed by atoms with Crippen LogP contribution in [0.25, 0.3) is 11.4 Å². The standard InChI is InChI=1S/C16H15N3O2S/c1-10-5-7-12(8-6-10)14-18-16(21-19-14)11(2)17-15(20)13-4-3-9-22-13/h3-9,11H,1-2H3,(H,17,20). The summed E-state index contributed by atoms with van der Waals surface area (Å²) in [6.07, 6.45) is 0. The van der Waals surface area contributed by atoms with E-state index in [0.717, 1.165) is 5.56 Å². The molecule has 0 spiro atoms. The second-order valence-electron chi connectivity index (χ2n) is 4.99. The van der Waals surface area contributed by atoms with Gasteiger partial charge in [0.05, 0.1) is 4.88 Å². The van der Waals surface area contributed by atoms with Crippen LogP contribution >= 0.6 is 11.3 Å². The molecule has 1 aromatic carbocycles. The quantitative estimate of drug-likeness (QED) is 0.799. The first-order valence-electron chi connectivity index (χ1n) is 6.88. The van der Waals surface area contributed by atoms with Gasteiger partial charge >= 0.3 is 0 Å². The molecule has 0 aliphatic heterocycles. The van der Waals surface area contributed by atoms with E-state index in [9.17, 15) is 4.79 Å². The lowest BCUT2D eigenvalue weighted by atomic mass is 10.1. The van der Waals surface area contributed by atoms with Crippen molar-refractivity contribution in [2.75, 3.05) is 0 Å². The smallest absolute Gasteiger partial charge is 0.261 e. The Bertz CT molecular complexity index is 763. The van der Waals surface area contributed by atoms with E-state index in [-0.39, 0.29) is 11.9 Å². The molecule has 1 unspecified atom stereocenters. The Morgan fingerprint density at radius 1 is 1.27 bits per heavy atom. The van der Waals surface area contributed by atoms with Crippen molar-refractivity contribution in [3.05, 3.63) is 58.1 Å². The minimum Gasteiger partial charge on any atom is -0.340 e. The van der Waals surface area contributed by atoms with Crippen LogP contribution in [-0.4, -0.2) is 16.0 Å². The van der Waals surface area contributed by atoms with Gasteiger partial charge in [-0.2, -0.15) is 4.98 Å². The highest BCUT2D eigenvalue weighted by Crippen LogP contribution is 2.19. The Morgan fingerprint density at radius 3 is 2.73 bits per heavy atom. The van der Waals surface area contributed by atoms with E-state index in [1.54, 1.807) is 6.07 Å². The van der Waals surface area contributed by atoms with E-state index >= 15 is 0 Å². The summed E-state index contributed by atoms with van der Waals surface area (Å²) >= 11 is 1.39. The summed E-state index contributed by atoms with van der Waals surface area (Å²) in [5.74, 6) is 0.769. The van der Waals surface area contributed by atoms with E-state index in [2.05, 4.69) is 15.5 Å². The molecule has 3 aromatic rings. The first-order valence-corrected chi connectivity index (χ1v) is 7.76. The van der Waals surface area contributed by atoms with Crippen LogP contribution in [0.2, 0.25) is 0 Å². The van der Waals surface area contributed by atoms with Crippen molar-refractivity contribution in [1.29, 1.82) is 0 Å². The van der Waals surface area contributed by atoms with E-state index in [1.165, 1.54) is 16.9 Å². The Hall–Kier alpha value is -2.47. The van der Waals surface area contributed by atoms with Crippen molar-refractivity contribution in [2.24, 2.45) is 0 Å². The molecule has 1 amide bonds. The third kappa shape index (κ3) is 3.07. The lowest BCUT2D eigenvalue weighted by molar-refractivity contribution is 0.0936. The molecule has 0 aliphatic carbocycles. The Balaban J connectivity index is 1.73. The third-order valence-corrected chi connectivity index (χ3v) is 4.08.